The van der Waals surface area contributed by atoms with Crippen LogP contribution in [0.5, 0.6) is 0 Å². The van der Waals surface area contributed by atoms with E-state index in [0.29, 0.717) is 12.1 Å². The minimum Gasteiger partial charge on any atom is -0.389 e. The fourth-order valence-electron chi connectivity index (χ4n) is 4.38. The number of hydrogen-bond acceptors (Lipinski definition) is 4. The van der Waals surface area contributed by atoms with E-state index in [2.05, 4.69) is 5.32 Å². The van der Waals surface area contributed by atoms with E-state index in [1.54, 1.807) is 4.90 Å². The maximum atomic E-state index is 13.0. The standard InChI is InChI=1S/C22H26F6N2O3/c23-21(24,25)15-9-14(10-16(12-15)22(26,27)28)11-17(31)13-20(33)4-7-30(8-5-20)19(32)18-3-1-2-6-29-18/h9-10,12,18,29,33H,1-8,11,13H2. The predicted molar refractivity (Wildman–Crippen MR) is 106 cm³/mol. The van der Waals surface area contributed by atoms with Crippen LogP contribution in [0.15, 0.2) is 18.2 Å². The first kappa shape index (κ1) is 25.5. The van der Waals surface area contributed by atoms with Crippen molar-refractivity contribution in [3.63, 3.8) is 0 Å². The van der Waals surface area contributed by atoms with Gasteiger partial charge in [-0.15, -0.1) is 0 Å². The third-order valence-electron chi connectivity index (χ3n) is 6.19. The lowest BCUT2D eigenvalue weighted by molar-refractivity contribution is -0.144. The number of carbonyl (C=O) groups is 2. The molecule has 0 radical (unpaired) electrons. The summed E-state index contributed by atoms with van der Waals surface area (Å²) in [4.78, 5) is 26.7. The van der Waals surface area contributed by atoms with Gasteiger partial charge < -0.3 is 15.3 Å². The Morgan fingerprint density at radius 3 is 2.06 bits per heavy atom. The SMILES string of the molecule is O=C(Cc1cc(C(F)(F)F)cc(C(F)(F)F)c1)CC1(O)CCN(C(=O)C2CCCCN2)CC1. The fourth-order valence-corrected chi connectivity index (χ4v) is 4.38. The third-order valence-corrected chi connectivity index (χ3v) is 6.19. The van der Waals surface area contributed by atoms with Gasteiger partial charge in [-0.05, 0) is 56.0 Å². The number of halogens is 6. The molecule has 1 aromatic carbocycles. The number of Topliss-reactive ketones (excluding diaryl/α,β-unsaturated/α-hetero) is 1. The number of likely N-dealkylation sites (tertiary alicyclic amines) is 1. The van der Waals surface area contributed by atoms with Gasteiger partial charge in [0.2, 0.25) is 5.91 Å². The zero-order valence-corrected chi connectivity index (χ0v) is 17.9. The number of aliphatic hydroxyl groups is 1. The highest BCUT2D eigenvalue weighted by molar-refractivity contribution is 5.83. The van der Waals surface area contributed by atoms with E-state index in [0.717, 1.165) is 25.8 Å². The minimum absolute atomic E-state index is 0.00934. The van der Waals surface area contributed by atoms with Crippen LogP contribution in [0, 0.1) is 0 Å². The van der Waals surface area contributed by atoms with Crippen molar-refractivity contribution in [3.05, 3.63) is 34.9 Å². The van der Waals surface area contributed by atoms with Crippen LogP contribution < -0.4 is 5.32 Å². The molecule has 1 unspecified atom stereocenters. The molecule has 11 heteroatoms. The van der Waals surface area contributed by atoms with Gasteiger partial charge in [0, 0.05) is 25.9 Å². The monoisotopic (exact) mass is 480 g/mol. The fraction of sp³-hybridized carbons (Fsp3) is 0.636. The van der Waals surface area contributed by atoms with E-state index in [-0.39, 0.29) is 43.9 Å². The van der Waals surface area contributed by atoms with Crippen LogP contribution >= 0.6 is 0 Å². The van der Waals surface area contributed by atoms with Crippen molar-refractivity contribution >= 4 is 11.7 Å². The maximum Gasteiger partial charge on any atom is 0.416 e. The number of benzene rings is 1. The molecule has 2 fully saturated rings. The number of amides is 1. The summed E-state index contributed by atoms with van der Waals surface area (Å²) < 4.78 is 78.1. The Morgan fingerprint density at radius 2 is 1.58 bits per heavy atom. The molecule has 33 heavy (non-hydrogen) atoms. The lowest BCUT2D eigenvalue weighted by Gasteiger charge is -2.39. The van der Waals surface area contributed by atoms with Gasteiger partial charge in [0.1, 0.15) is 5.78 Å². The number of ketones is 1. The van der Waals surface area contributed by atoms with E-state index in [1.165, 1.54) is 0 Å². The van der Waals surface area contributed by atoms with Crippen LogP contribution in [0.4, 0.5) is 26.3 Å². The highest BCUT2D eigenvalue weighted by Crippen LogP contribution is 2.37. The van der Waals surface area contributed by atoms with Gasteiger partial charge in [-0.1, -0.05) is 6.42 Å². The quantitative estimate of drug-likeness (QED) is 0.631. The second kappa shape index (κ2) is 9.61. The Hall–Kier alpha value is -2.14. The molecule has 0 spiro atoms. The highest BCUT2D eigenvalue weighted by atomic mass is 19.4. The van der Waals surface area contributed by atoms with Gasteiger partial charge in [0.15, 0.2) is 0 Å². The number of alkyl halides is 6. The van der Waals surface area contributed by atoms with Crippen LogP contribution in [0.2, 0.25) is 0 Å². The number of rotatable bonds is 5. The number of nitrogens with one attached hydrogen (secondary N) is 1. The largest absolute Gasteiger partial charge is 0.416 e. The molecule has 1 atom stereocenters. The first-order valence-electron chi connectivity index (χ1n) is 10.8. The van der Waals surface area contributed by atoms with Gasteiger partial charge in [-0.25, -0.2) is 0 Å². The van der Waals surface area contributed by atoms with Gasteiger partial charge in [0.25, 0.3) is 0 Å². The molecule has 184 valence electrons. The highest BCUT2D eigenvalue weighted by Gasteiger charge is 2.39. The van der Waals surface area contributed by atoms with Crippen LogP contribution in [-0.2, 0) is 28.4 Å². The molecule has 1 aromatic rings. The molecular formula is C22H26F6N2O3. The van der Waals surface area contributed by atoms with Gasteiger partial charge in [-0.3, -0.25) is 9.59 Å². The molecule has 1 amide bonds. The second-order valence-electron chi connectivity index (χ2n) is 8.86. The number of hydrogen-bond donors (Lipinski definition) is 2. The van der Waals surface area contributed by atoms with Crippen molar-refractivity contribution in [2.24, 2.45) is 0 Å². The molecule has 0 bridgehead atoms. The van der Waals surface area contributed by atoms with Crippen molar-refractivity contribution in [3.8, 4) is 0 Å². The van der Waals surface area contributed by atoms with E-state index < -0.39 is 53.3 Å². The Labute approximate surface area is 187 Å². The van der Waals surface area contributed by atoms with Crippen molar-refractivity contribution in [1.82, 2.24) is 10.2 Å². The molecule has 2 aliphatic rings. The van der Waals surface area contributed by atoms with Gasteiger partial charge in [0.05, 0.1) is 22.8 Å². The topological polar surface area (TPSA) is 69.6 Å². The van der Waals surface area contributed by atoms with E-state index in [9.17, 15) is 41.0 Å². The molecule has 5 nitrogen and oxygen atoms in total. The van der Waals surface area contributed by atoms with Crippen molar-refractivity contribution in [2.45, 2.75) is 68.9 Å². The molecule has 3 rings (SSSR count). The first-order chi connectivity index (χ1) is 15.3. The smallest absolute Gasteiger partial charge is 0.389 e. The van der Waals surface area contributed by atoms with Crippen molar-refractivity contribution < 1.29 is 41.0 Å². The normalized spacial score (nSPS) is 21.7. The Balaban J connectivity index is 1.62. The molecule has 2 N–H and O–H groups in total. The van der Waals surface area contributed by atoms with Crippen LogP contribution in [0.3, 0.4) is 0 Å². The summed E-state index contributed by atoms with van der Waals surface area (Å²) in [5, 5.41) is 13.9. The molecule has 2 saturated heterocycles. The summed E-state index contributed by atoms with van der Waals surface area (Å²) in [6.45, 7) is 1.21. The lowest BCUT2D eigenvalue weighted by atomic mass is 9.85. The minimum atomic E-state index is -5.00. The Kier molecular flexibility index (Phi) is 7.42. The molecule has 0 aliphatic carbocycles. The first-order valence-corrected chi connectivity index (χ1v) is 10.8. The molecule has 0 saturated carbocycles. The lowest BCUT2D eigenvalue weighted by Crippen LogP contribution is -2.53. The second-order valence-corrected chi connectivity index (χ2v) is 8.86. The van der Waals surface area contributed by atoms with Gasteiger partial charge in [-0.2, -0.15) is 26.3 Å². The molecular weight excluding hydrogens is 454 g/mol. The summed E-state index contributed by atoms with van der Waals surface area (Å²) in [5.74, 6) is -0.731. The van der Waals surface area contributed by atoms with Gasteiger partial charge >= 0.3 is 12.4 Å². The van der Waals surface area contributed by atoms with Crippen LogP contribution in [0.1, 0.15) is 55.2 Å². The molecule has 0 aromatic heterocycles. The zero-order chi connectivity index (χ0) is 24.4. The molecule has 2 heterocycles. The summed E-state index contributed by atoms with van der Waals surface area (Å²) in [6, 6.07) is 0.788. The third kappa shape index (κ3) is 6.69. The Bertz CT molecular complexity index is 838. The van der Waals surface area contributed by atoms with Crippen molar-refractivity contribution in [2.75, 3.05) is 19.6 Å². The average molecular weight is 480 g/mol. The van der Waals surface area contributed by atoms with E-state index in [4.69, 9.17) is 0 Å². The van der Waals surface area contributed by atoms with E-state index >= 15 is 0 Å². The van der Waals surface area contributed by atoms with Crippen molar-refractivity contribution in [1.29, 1.82) is 0 Å². The summed E-state index contributed by atoms with van der Waals surface area (Å²) in [7, 11) is 0. The molecule has 2 aliphatic heterocycles. The average Bonchev–Trinajstić information content (AvgIpc) is 2.72. The summed E-state index contributed by atoms with van der Waals surface area (Å²) in [5.41, 5.74) is -4.84. The van der Waals surface area contributed by atoms with Crippen LogP contribution in [-0.4, -0.2) is 53.0 Å². The number of carbonyl (C=O) groups excluding carboxylic acids is 2. The zero-order valence-electron chi connectivity index (χ0n) is 17.9. The predicted octanol–water partition coefficient (Wildman–Crippen LogP) is 3.72. The summed E-state index contributed by atoms with van der Waals surface area (Å²) >= 11 is 0. The summed E-state index contributed by atoms with van der Waals surface area (Å²) in [6.07, 6.45) is -8.18. The number of nitrogens with zero attached hydrogens (tertiary/aromatic N) is 1. The Morgan fingerprint density at radius 1 is 1.00 bits per heavy atom. The van der Waals surface area contributed by atoms with Crippen LogP contribution in [0.25, 0.3) is 0 Å². The van der Waals surface area contributed by atoms with E-state index in [1.807, 2.05) is 0 Å². The number of piperidine rings is 2. The maximum absolute atomic E-state index is 13.0.